The predicted molar refractivity (Wildman–Crippen MR) is 73.4 cm³/mol. The maximum Gasteiger partial charge on any atom is 0.218 e. The number of phenolic OH excluding ortho intramolecular Hbond substituents is 2. The number of ether oxygens (including phenoxy) is 2. The molecule has 3 N–H and O–H groups in total. The van der Waals surface area contributed by atoms with Crippen molar-refractivity contribution in [1.82, 2.24) is 5.32 Å². The third-order valence-corrected chi connectivity index (χ3v) is 2.64. The number of nitrogens with one attached hydrogen (secondary N) is 1. The molecule has 0 radical (unpaired) electrons. The lowest BCUT2D eigenvalue weighted by Crippen LogP contribution is -2.41. The van der Waals surface area contributed by atoms with Gasteiger partial charge in [-0.3, -0.25) is 4.79 Å². The van der Waals surface area contributed by atoms with Crippen LogP contribution in [0.4, 0.5) is 0 Å². The summed E-state index contributed by atoms with van der Waals surface area (Å²) in [5.74, 6) is -0.696. The van der Waals surface area contributed by atoms with E-state index in [2.05, 4.69) is 5.32 Å². The molecular formula is C14H21NO5. The first-order chi connectivity index (χ1) is 9.49. The molecule has 112 valence electrons. The van der Waals surface area contributed by atoms with Gasteiger partial charge in [-0.1, -0.05) is 6.07 Å². The lowest BCUT2D eigenvalue weighted by molar-refractivity contribution is -0.131. The number of aromatic hydroxyl groups is 2. The van der Waals surface area contributed by atoms with Gasteiger partial charge in [0.2, 0.25) is 5.91 Å². The molecule has 0 fully saturated rings. The van der Waals surface area contributed by atoms with Crippen molar-refractivity contribution < 1.29 is 24.5 Å². The van der Waals surface area contributed by atoms with Crippen molar-refractivity contribution in [3.63, 3.8) is 0 Å². The second-order valence-electron chi connectivity index (χ2n) is 4.20. The highest BCUT2D eigenvalue weighted by molar-refractivity contribution is 5.73. The van der Waals surface area contributed by atoms with E-state index in [1.165, 1.54) is 19.1 Å². The van der Waals surface area contributed by atoms with Gasteiger partial charge < -0.3 is 25.0 Å². The highest BCUT2D eigenvalue weighted by atomic mass is 16.5. The molecule has 0 saturated carbocycles. The van der Waals surface area contributed by atoms with E-state index in [1.807, 2.05) is 13.8 Å². The molecule has 6 heteroatoms. The number of carbonyl (C=O) groups is 1. The Kier molecular flexibility index (Phi) is 6.27. The number of hydrogen-bond donors (Lipinski definition) is 3. The van der Waals surface area contributed by atoms with Crippen LogP contribution < -0.4 is 5.32 Å². The molecule has 0 unspecified atom stereocenters. The summed E-state index contributed by atoms with van der Waals surface area (Å²) < 4.78 is 11.1. The highest BCUT2D eigenvalue weighted by Gasteiger charge is 2.25. The van der Waals surface area contributed by atoms with E-state index >= 15 is 0 Å². The third kappa shape index (κ3) is 4.40. The van der Waals surface area contributed by atoms with E-state index in [4.69, 9.17) is 9.47 Å². The van der Waals surface area contributed by atoms with Crippen LogP contribution in [0.25, 0.3) is 0 Å². The molecular weight excluding hydrogens is 262 g/mol. The van der Waals surface area contributed by atoms with E-state index in [-0.39, 0.29) is 17.4 Å². The first-order valence-corrected chi connectivity index (χ1v) is 6.51. The fourth-order valence-corrected chi connectivity index (χ4v) is 1.84. The largest absolute Gasteiger partial charge is 0.504 e. The van der Waals surface area contributed by atoms with Gasteiger partial charge in [0.15, 0.2) is 17.7 Å². The predicted octanol–water partition coefficient (Wildman–Crippen LogP) is 1.67. The van der Waals surface area contributed by atoms with Crippen molar-refractivity contribution in [3.8, 4) is 11.5 Å². The Morgan fingerprint density at radius 3 is 2.35 bits per heavy atom. The summed E-state index contributed by atoms with van der Waals surface area (Å²) in [4.78, 5) is 11.3. The number of carbonyl (C=O) groups excluding carboxylic acids is 1. The molecule has 1 rings (SSSR count). The maximum atomic E-state index is 11.3. The number of rotatable bonds is 7. The van der Waals surface area contributed by atoms with Gasteiger partial charge in [-0.15, -0.1) is 0 Å². The van der Waals surface area contributed by atoms with E-state index < -0.39 is 12.3 Å². The van der Waals surface area contributed by atoms with Crippen molar-refractivity contribution >= 4 is 5.91 Å². The first-order valence-electron chi connectivity index (χ1n) is 6.51. The Balaban J connectivity index is 3.04. The normalized spacial score (nSPS) is 13.8. The van der Waals surface area contributed by atoms with Crippen molar-refractivity contribution in [1.29, 1.82) is 0 Å². The minimum Gasteiger partial charge on any atom is -0.504 e. The van der Waals surface area contributed by atoms with Crippen LogP contribution in [0, 0.1) is 0 Å². The van der Waals surface area contributed by atoms with Crippen LogP contribution in [0.2, 0.25) is 0 Å². The zero-order chi connectivity index (χ0) is 15.1. The fraction of sp³-hybridized carbons (Fsp3) is 0.500. The molecule has 1 amide bonds. The summed E-state index contributed by atoms with van der Waals surface area (Å²) in [6, 6.07) is 4.38. The van der Waals surface area contributed by atoms with Gasteiger partial charge in [0.25, 0.3) is 0 Å². The molecule has 0 saturated heterocycles. The second kappa shape index (κ2) is 7.72. The van der Waals surface area contributed by atoms with Crippen LogP contribution in [0.15, 0.2) is 18.2 Å². The van der Waals surface area contributed by atoms with Crippen molar-refractivity contribution in [2.45, 2.75) is 33.1 Å². The standard InChI is InChI=1S/C14H21NO5/c1-4-19-13(14(20-5-2)15-9(3)16)10-6-7-11(17)12(18)8-10/h6-8,13-14,17-18H,4-5H2,1-3H3,(H,15,16)/t13-,14-/m1/s1. The van der Waals surface area contributed by atoms with Gasteiger partial charge in [0.05, 0.1) is 0 Å². The minimum atomic E-state index is -0.665. The third-order valence-electron chi connectivity index (χ3n) is 2.64. The van der Waals surface area contributed by atoms with E-state index in [0.29, 0.717) is 18.8 Å². The van der Waals surface area contributed by atoms with Crippen LogP contribution in [0.5, 0.6) is 11.5 Å². The Hall–Kier alpha value is -1.79. The summed E-state index contributed by atoms with van der Waals surface area (Å²) in [7, 11) is 0. The zero-order valence-corrected chi connectivity index (χ0v) is 11.9. The van der Waals surface area contributed by atoms with Gasteiger partial charge in [-0.2, -0.15) is 0 Å². The number of hydrogen-bond acceptors (Lipinski definition) is 5. The first kappa shape index (κ1) is 16.3. The van der Waals surface area contributed by atoms with Crippen LogP contribution >= 0.6 is 0 Å². The van der Waals surface area contributed by atoms with E-state index in [9.17, 15) is 15.0 Å². The summed E-state index contributed by atoms with van der Waals surface area (Å²) >= 11 is 0. The molecule has 0 heterocycles. The van der Waals surface area contributed by atoms with Gasteiger partial charge in [-0.05, 0) is 31.5 Å². The Morgan fingerprint density at radius 1 is 1.20 bits per heavy atom. The Morgan fingerprint density at radius 2 is 1.85 bits per heavy atom. The molecule has 2 atom stereocenters. The molecule has 0 aliphatic heterocycles. The van der Waals surface area contributed by atoms with E-state index in [0.717, 1.165) is 0 Å². The molecule has 6 nitrogen and oxygen atoms in total. The summed E-state index contributed by atoms with van der Waals surface area (Å²) in [5.41, 5.74) is 0.606. The monoisotopic (exact) mass is 283 g/mol. The minimum absolute atomic E-state index is 0.212. The van der Waals surface area contributed by atoms with Crippen LogP contribution in [-0.2, 0) is 14.3 Å². The quantitative estimate of drug-likeness (QED) is 0.523. The smallest absolute Gasteiger partial charge is 0.218 e. The van der Waals surface area contributed by atoms with Crippen molar-refractivity contribution in [2.24, 2.45) is 0 Å². The van der Waals surface area contributed by atoms with Gasteiger partial charge >= 0.3 is 0 Å². The van der Waals surface area contributed by atoms with Crippen LogP contribution in [0.3, 0.4) is 0 Å². The molecule has 1 aromatic carbocycles. The molecule has 0 aliphatic carbocycles. The fourth-order valence-electron chi connectivity index (χ4n) is 1.84. The average Bonchev–Trinajstić information content (AvgIpc) is 2.38. The maximum absolute atomic E-state index is 11.3. The Bertz CT molecular complexity index is 449. The van der Waals surface area contributed by atoms with Crippen LogP contribution in [0.1, 0.15) is 32.4 Å². The van der Waals surface area contributed by atoms with Gasteiger partial charge in [0, 0.05) is 20.1 Å². The lowest BCUT2D eigenvalue weighted by atomic mass is 10.1. The highest BCUT2D eigenvalue weighted by Crippen LogP contribution is 2.31. The molecule has 0 aromatic heterocycles. The number of phenols is 2. The number of amides is 1. The van der Waals surface area contributed by atoms with Gasteiger partial charge in [-0.25, -0.2) is 0 Å². The molecule has 0 bridgehead atoms. The number of benzene rings is 1. The molecule has 1 aromatic rings. The second-order valence-corrected chi connectivity index (χ2v) is 4.20. The van der Waals surface area contributed by atoms with Crippen molar-refractivity contribution in [2.75, 3.05) is 13.2 Å². The van der Waals surface area contributed by atoms with Crippen molar-refractivity contribution in [3.05, 3.63) is 23.8 Å². The Labute approximate surface area is 118 Å². The lowest BCUT2D eigenvalue weighted by Gasteiger charge is -2.27. The van der Waals surface area contributed by atoms with Crippen LogP contribution in [-0.4, -0.2) is 35.6 Å². The average molecular weight is 283 g/mol. The molecule has 0 aliphatic rings. The molecule has 0 spiro atoms. The topological polar surface area (TPSA) is 88.0 Å². The zero-order valence-electron chi connectivity index (χ0n) is 11.9. The SMILES string of the molecule is CCO[C@@H](NC(C)=O)[C@H](OCC)c1ccc(O)c(O)c1. The summed E-state index contributed by atoms with van der Waals surface area (Å²) in [6.45, 7) is 5.84. The summed E-state index contributed by atoms with van der Waals surface area (Å²) in [5, 5.41) is 21.6. The van der Waals surface area contributed by atoms with E-state index in [1.54, 1.807) is 6.07 Å². The summed E-state index contributed by atoms with van der Waals surface area (Å²) in [6.07, 6.45) is -1.24. The van der Waals surface area contributed by atoms with Gasteiger partial charge in [0.1, 0.15) is 6.10 Å². The molecule has 20 heavy (non-hydrogen) atoms.